The number of carboxylic acid groups (broad SMARTS) is 1. The molecule has 35 heteroatoms. The Bertz CT molecular complexity index is 6400. The van der Waals surface area contributed by atoms with Crippen molar-refractivity contribution in [2.75, 3.05) is 68.5 Å². The number of benzene rings is 8. The van der Waals surface area contributed by atoms with Gasteiger partial charge in [0.25, 0.3) is 5.91 Å². The lowest BCUT2D eigenvalue weighted by Crippen LogP contribution is -2.51. The zero-order valence-corrected chi connectivity index (χ0v) is 77.7. The monoisotopic (exact) mass is 1850 g/mol. The number of nitrogens with one attached hydrogen (secondary N) is 7. The van der Waals surface area contributed by atoms with Gasteiger partial charge in [-0.3, -0.25) is 24.2 Å². The normalized spacial score (nSPS) is 17.0. The van der Waals surface area contributed by atoms with E-state index in [2.05, 4.69) is 155 Å². The first kappa shape index (κ1) is 95.2. The second kappa shape index (κ2) is 41.4. The maximum Gasteiger partial charge on any atom is 0.410 e. The number of carbonyl (C=O) groups excluding carboxylic acids is 8. The molecule has 12 aromatic rings. The molecular weight excluding hydrogens is 1740 g/mol. The van der Waals surface area contributed by atoms with Gasteiger partial charge in [-0.1, -0.05) is 137 Å². The van der Waals surface area contributed by atoms with E-state index in [9.17, 15) is 53.4 Å². The number of H-pyrrole nitrogens is 4. The molecule has 0 bridgehead atoms. The highest BCUT2D eigenvalue weighted by molar-refractivity contribution is 5.94. The van der Waals surface area contributed by atoms with Crippen LogP contribution >= 0.6 is 0 Å². The summed E-state index contributed by atoms with van der Waals surface area (Å²) in [7, 11) is 6.43. The molecular formula is C101H112N16O19. The Hall–Kier alpha value is -15.5. The SMILES string of the molecule is COC(=O)NC(C(=O)O)c1ccc2c(c1)OCO2.COC(=O)N[C@H](C(=O)N1CCC[C@H]1c1ncc(-c2ccc3cc(-c4ccc(-c5cnc([C@@H]6CCCN6C(=O)C(c6ccc(O)c(O)c6)N(C)C(=O)OC)[nH]5)cc4)ccc3c2)[nH]1)C(C)C.COC(=O)N[C@H](C(=O)N1CCC[C@H]1c1ncc(-c2ccc3cc(-c4ccc(-c5cnc([C@@H]6CCCN6C(=O)OC(C)(C)C)[nH]5)cc4)ccc3c2)[nH]1)C(C)C. The Morgan fingerprint density at radius 3 is 1.18 bits per heavy atom. The Labute approximate surface area is 785 Å². The van der Waals surface area contributed by atoms with Crippen molar-refractivity contribution in [2.24, 2.45) is 11.8 Å². The summed E-state index contributed by atoms with van der Waals surface area (Å²) >= 11 is 0. The fourth-order valence-electron chi connectivity index (χ4n) is 18.0. The summed E-state index contributed by atoms with van der Waals surface area (Å²) in [4.78, 5) is 154. The zero-order valence-electron chi connectivity index (χ0n) is 77.7. The molecule has 2 unspecified atom stereocenters. The van der Waals surface area contributed by atoms with Crippen molar-refractivity contribution >= 4 is 75.7 Å². The van der Waals surface area contributed by atoms with Crippen LogP contribution in [0, 0.1) is 11.8 Å². The second-order valence-corrected chi connectivity index (χ2v) is 35.8. The summed E-state index contributed by atoms with van der Waals surface area (Å²) in [6.07, 6.45) is 10.5. The molecule has 0 aliphatic carbocycles. The molecule has 0 radical (unpaired) electrons. The third-order valence-corrected chi connectivity index (χ3v) is 25.1. The lowest BCUT2D eigenvalue weighted by Gasteiger charge is -2.32. The van der Waals surface area contributed by atoms with E-state index in [0.717, 1.165) is 153 Å². The summed E-state index contributed by atoms with van der Waals surface area (Å²) in [6, 6.07) is 46.1. The van der Waals surface area contributed by atoms with Crippen LogP contribution in [-0.2, 0) is 42.9 Å². The summed E-state index contributed by atoms with van der Waals surface area (Å²) in [5.41, 5.74) is 11.8. The maximum atomic E-state index is 14.2. The third-order valence-electron chi connectivity index (χ3n) is 25.1. The number of rotatable bonds is 22. The van der Waals surface area contributed by atoms with Crippen molar-refractivity contribution in [1.29, 1.82) is 0 Å². The van der Waals surface area contributed by atoms with Gasteiger partial charge in [0.05, 0.1) is 100 Å². The van der Waals surface area contributed by atoms with Crippen LogP contribution in [0.1, 0.15) is 171 Å². The first-order chi connectivity index (χ1) is 65.3. The largest absolute Gasteiger partial charge is 0.504 e. The van der Waals surface area contributed by atoms with E-state index in [-0.39, 0.29) is 72.4 Å². The van der Waals surface area contributed by atoms with Crippen molar-refractivity contribution in [3.63, 3.8) is 0 Å². The minimum atomic E-state index is -1.20. The average Bonchev–Trinajstić information content (AvgIpc) is 1.60. The number of methoxy groups -OCH3 is 4. The molecule has 0 saturated carbocycles. The molecule has 136 heavy (non-hydrogen) atoms. The standard InChI is InChI=1S/C48H52N8O8.C42H49N7O5.C11H11NO6/c1-27(2)41(53-47(61)63-4)45(59)55-20-6-8-37(55)43-50-26-36(52-43)33-17-16-31-22-30(14-15-32(31)23-33)28-10-12-29(13-11-28)35-25-49-44(51-35)38-9-7-21-56(38)46(60)42(54(3)48(62)64-5)34-18-19-39(57)40(58)24-34;1-25(2)36(47-40(51)53-6)39(50)48-19-7-9-34(48)37-44-24-33(46-37)31-18-17-29-21-28(15-16-30(29)22-31)26-11-13-27(14-12-26)32-23-43-38(45-32)35-10-8-20-49(35)41(52)54-42(3,4)5;1-16-11(15)12-9(10(13)14)6-2-3-7-8(4-6)18-5-17-7/h10-19,22-27,37-38,41-42,57-58H,6-9,20-21H2,1-5H3,(H,49,51)(H,50,52)(H,53,61);11-18,21-25,34-36H,7-10,19-20H2,1-6H3,(H,43,45)(H,44,46)(H,47,51);2-4,9H,5H2,1H3,(H,12,15)(H,13,14)/t37-,38-,41-,42?;34-,35-,36-;/m00./s1. The van der Waals surface area contributed by atoms with Crippen LogP contribution in [0.25, 0.3) is 88.8 Å². The number of carbonyl (C=O) groups is 9. The van der Waals surface area contributed by atoms with Crippen LogP contribution in [0.5, 0.6) is 23.0 Å². The highest BCUT2D eigenvalue weighted by Gasteiger charge is 2.43. The van der Waals surface area contributed by atoms with E-state index in [1.807, 2.05) is 77.9 Å². The third kappa shape index (κ3) is 21.3. The van der Waals surface area contributed by atoms with Crippen LogP contribution in [0.4, 0.5) is 24.0 Å². The van der Waals surface area contributed by atoms with E-state index in [4.69, 9.17) is 48.5 Å². The minimum absolute atomic E-state index is 0.0963. The van der Waals surface area contributed by atoms with Crippen molar-refractivity contribution in [1.82, 2.24) is 80.3 Å². The van der Waals surface area contributed by atoms with E-state index in [1.165, 1.54) is 57.5 Å². The number of alkyl carbamates (subject to hydrolysis) is 3. The summed E-state index contributed by atoms with van der Waals surface area (Å²) in [5, 5.41) is 41.2. The van der Waals surface area contributed by atoms with Crippen molar-refractivity contribution in [3.05, 3.63) is 217 Å². The number of hydrogen-bond acceptors (Lipinski definition) is 22. The molecule has 4 saturated heterocycles. The smallest absolute Gasteiger partial charge is 0.410 e. The number of aliphatic carboxylic acids is 1. The van der Waals surface area contributed by atoms with Gasteiger partial charge < -0.3 is 99.1 Å². The fourth-order valence-corrected chi connectivity index (χ4v) is 18.0. The molecule has 8 amide bonds. The van der Waals surface area contributed by atoms with Crippen LogP contribution < -0.4 is 25.4 Å². The molecule has 8 aromatic carbocycles. The number of amides is 8. The highest BCUT2D eigenvalue weighted by atomic mass is 16.7. The van der Waals surface area contributed by atoms with Gasteiger partial charge in [-0.05, 0) is 199 Å². The van der Waals surface area contributed by atoms with E-state index in [0.29, 0.717) is 66.9 Å². The van der Waals surface area contributed by atoms with E-state index < -0.39 is 65.9 Å². The molecule has 4 aromatic heterocycles. The Morgan fingerprint density at radius 1 is 0.419 bits per heavy atom. The molecule has 5 aliphatic rings. The zero-order chi connectivity index (χ0) is 96.5. The number of aromatic hydroxyl groups is 2. The van der Waals surface area contributed by atoms with Crippen LogP contribution in [0.3, 0.4) is 0 Å². The molecule has 35 nitrogen and oxygen atoms in total. The number of imidazole rings is 4. The number of likely N-dealkylation sites (N-methyl/N-ethyl adjacent to an activating group) is 1. The van der Waals surface area contributed by atoms with Gasteiger partial charge in [0.1, 0.15) is 47.0 Å². The predicted octanol–water partition coefficient (Wildman–Crippen LogP) is 17.1. The summed E-state index contributed by atoms with van der Waals surface area (Å²) < 4.78 is 34.7. The van der Waals surface area contributed by atoms with Gasteiger partial charge in [0, 0.05) is 44.4 Å². The first-order valence-corrected chi connectivity index (χ1v) is 45.2. The topological polar surface area (TPSA) is 446 Å². The van der Waals surface area contributed by atoms with Gasteiger partial charge >= 0.3 is 36.4 Å². The van der Waals surface area contributed by atoms with Gasteiger partial charge in [0.15, 0.2) is 29.0 Å². The van der Waals surface area contributed by atoms with Gasteiger partial charge in [-0.15, -0.1) is 0 Å². The number of likely N-dealkylation sites (tertiary alicyclic amines) is 4. The van der Waals surface area contributed by atoms with E-state index >= 15 is 0 Å². The predicted molar refractivity (Wildman–Crippen MR) is 505 cm³/mol. The van der Waals surface area contributed by atoms with Crippen molar-refractivity contribution in [3.8, 4) is 90.3 Å². The van der Waals surface area contributed by atoms with E-state index in [1.54, 1.807) is 39.2 Å². The van der Waals surface area contributed by atoms with Gasteiger partial charge in [0.2, 0.25) is 18.6 Å². The molecule has 0 spiro atoms. The summed E-state index contributed by atoms with van der Waals surface area (Å²) in [5.74, 6) is 1.06. The van der Waals surface area contributed by atoms with Crippen molar-refractivity contribution < 1.29 is 91.6 Å². The number of ether oxygens (including phenoxy) is 7. The number of carboxylic acids is 1. The molecule has 5 aliphatic heterocycles. The van der Waals surface area contributed by atoms with Crippen LogP contribution in [0.15, 0.2) is 183 Å². The molecule has 4 fully saturated rings. The molecule has 710 valence electrons. The van der Waals surface area contributed by atoms with Crippen LogP contribution in [-0.4, -0.2) is 220 Å². The van der Waals surface area contributed by atoms with Gasteiger partial charge in [-0.2, -0.15) is 0 Å². The molecule has 10 N–H and O–H groups in total. The molecule has 9 heterocycles. The highest BCUT2D eigenvalue weighted by Crippen LogP contribution is 2.43. The fraction of sp³-hybridized carbons (Fsp3) is 0.356. The Kier molecular flexibility index (Phi) is 28.9. The Balaban J connectivity index is 0.000000176. The van der Waals surface area contributed by atoms with Gasteiger partial charge in [-0.25, -0.2) is 48.7 Å². The number of phenolic OH excluding ortho intramolecular Hbond substituents is 2. The minimum Gasteiger partial charge on any atom is -0.504 e. The number of aromatic nitrogens is 8. The molecule has 17 rings (SSSR count). The Morgan fingerprint density at radius 2 is 0.779 bits per heavy atom. The number of fused-ring (bicyclic) bond motifs is 3. The van der Waals surface area contributed by atoms with Crippen molar-refractivity contribution in [2.45, 2.75) is 154 Å². The number of phenols is 2. The van der Waals surface area contributed by atoms with Crippen LogP contribution in [0.2, 0.25) is 0 Å². The molecule has 8 atom stereocenters. The number of aromatic amines is 4. The number of hydrogen-bond donors (Lipinski definition) is 10. The quantitative estimate of drug-likeness (QED) is 0.0222. The number of nitrogens with zero attached hydrogens (tertiary/aromatic N) is 9. The lowest BCUT2D eigenvalue weighted by atomic mass is 9.98. The first-order valence-electron chi connectivity index (χ1n) is 45.2. The lowest BCUT2D eigenvalue weighted by molar-refractivity contribution is -0.139. The second-order valence-electron chi connectivity index (χ2n) is 35.8. The average molecular weight is 1850 g/mol. The maximum absolute atomic E-state index is 14.2. The summed E-state index contributed by atoms with van der Waals surface area (Å²) in [6.45, 7) is 15.6.